The number of aliphatic hydroxyl groups is 1. The first-order chi connectivity index (χ1) is 4.29. The van der Waals surface area contributed by atoms with E-state index in [9.17, 15) is 0 Å². The van der Waals surface area contributed by atoms with Gasteiger partial charge in [-0.15, -0.1) is 0 Å². The Hall–Kier alpha value is -0.170. The molecular weight excluding hydrogens is 198 g/mol. The van der Waals surface area contributed by atoms with Crippen LogP contribution >= 0.6 is 7.94 Å². The van der Waals surface area contributed by atoms with Crippen LogP contribution in [0, 0.1) is 0 Å². The van der Waals surface area contributed by atoms with Crippen molar-refractivity contribution >= 4 is 14.0 Å². The molecule has 0 aliphatic heterocycles. The summed E-state index contributed by atoms with van der Waals surface area (Å²) in [4.78, 5) is 32.4. The summed E-state index contributed by atoms with van der Waals surface area (Å²) in [5.41, 5.74) is 8.50. The number of carbonyl (C=O) groups excluding carboxylic acids is 1. The second-order valence-electron chi connectivity index (χ2n) is 1.24. The molecule has 0 aliphatic rings. The number of hydrogen-bond acceptors (Lipinski definition) is 5. The average Bonchev–Trinajstić information content (AvgIpc) is 1.63. The summed E-state index contributed by atoms with van der Waals surface area (Å²) in [5, 5.41) is 7.70. The van der Waals surface area contributed by atoms with Crippen LogP contribution in [-0.4, -0.2) is 32.2 Å². The Kier molecular flexibility index (Phi) is 12.3. The van der Waals surface area contributed by atoms with Gasteiger partial charge in [0.2, 0.25) is 6.35 Å². The van der Waals surface area contributed by atoms with Gasteiger partial charge < -0.3 is 29.0 Å². The summed E-state index contributed by atoms with van der Waals surface area (Å²) in [6, 6.07) is -0.833. The van der Waals surface area contributed by atoms with E-state index < -0.39 is 20.3 Å². The molecule has 11 heavy (non-hydrogen) atoms. The lowest BCUT2D eigenvalue weighted by Crippen LogP contribution is -3.00. The van der Waals surface area contributed by atoms with E-state index in [1.54, 1.807) is 0 Å². The second kappa shape index (κ2) is 7.93. The van der Waals surface area contributed by atoms with Crippen molar-refractivity contribution in [2.45, 2.75) is 0 Å². The highest BCUT2D eigenvalue weighted by Gasteiger charge is 2.26. The Labute approximate surface area is 69.6 Å². The first kappa shape index (κ1) is 17.1. The maximum atomic E-state index is 9.00. The molecular formula is C2H10ClN2O5P. The minimum Gasteiger partial charge on any atom is -1.00 e. The van der Waals surface area contributed by atoms with Gasteiger partial charge in [-0.3, -0.25) is 0 Å². The topological polar surface area (TPSA) is 150 Å². The fraction of sp³-hybridized carbons (Fsp3) is 0.500. The summed E-state index contributed by atoms with van der Waals surface area (Å²) >= 11 is 0. The zero-order valence-corrected chi connectivity index (χ0v) is 7.03. The zero-order valence-electron chi connectivity index (χ0n) is 5.38. The predicted octanol–water partition coefficient (Wildman–Crippen LogP) is -5.30. The van der Waals surface area contributed by atoms with E-state index in [0.717, 1.165) is 0 Å². The molecule has 0 aromatic rings. The molecule has 0 saturated heterocycles. The van der Waals surface area contributed by atoms with E-state index in [4.69, 9.17) is 24.6 Å². The van der Waals surface area contributed by atoms with E-state index in [0.29, 0.717) is 0 Å². The van der Waals surface area contributed by atoms with Crippen LogP contribution in [0.3, 0.4) is 0 Å². The van der Waals surface area contributed by atoms with Gasteiger partial charge in [-0.1, -0.05) is 0 Å². The van der Waals surface area contributed by atoms with E-state index in [1.807, 2.05) is 0 Å². The van der Waals surface area contributed by atoms with Gasteiger partial charge in [-0.25, -0.2) is 4.79 Å². The number of halogens is 1. The van der Waals surface area contributed by atoms with Crippen LogP contribution in [-0.2, 0) is 0 Å². The summed E-state index contributed by atoms with van der Waals surface area (Å²) in [7, 11) is -3.84. The van der Waals surface area contributed by atoms with Crippen LogP contribution < -0.4 is 23.9 Å². The number of primary amides is 2. The van der Waals surface area contributed by atoms with Crippen LogP contribution in [0.4, 0.5) is 4.79 Å². The fourth-order valence-electron chi connectivity index (χ4n) is 0. The van der Waals surface area contributed by atoms with Gasteiger partial charge in [-0.2, -0.15) is 14.7 Å². The number of aliphatic hydroxyl groups excluding tert-OH is 1. The molecule has 0 aromatic carbocycles. The number of urea groups is 1. The van der Waals surface area contributed by atoms with Crippen LogP contribution in [0.1, 0.15) is 0 Å². The zero-order chi connectivity index (χ0) is 8.78. The normalized spacial score (nSPS) is 8.73. The standard InChI is InChI=1S/CH4N2O.CH6O4P.ClH/c2-1(3)4;2-1-6(3,4)5;/h(H4,2,3,4);2-5H,1H2;1H/q;+1;/p-1. The molecule has 0 saturated carbocycles. The SMILES string of the molecule is NC(N)=O.OC[P+](O)(O)O.[Cl-]. The van der Waals surface area contributed by atoms with Crippen molar-refractivity contribution in [3.63, 3.8) is 0 Å². The molecule has 0 heterocycles. The van der Waals surface area contributed by atoms with Crippen molar-refractivity contribution in [3.8, 4) is 0 Å². The lowest BCUT2D eigenvalue weighted by Gasteiger charge is -1.94. The maximum Gasteiger partial charge on any atom is 0.431 e. The van der Waals surface area contributed by atoms with Gasteiger partial charge in [-0.05, 0) is 0 Å². The average molecular weight is 209 g/mol. The summed E-state index contributed by atoms with van der Waals surface area (Å²) in [5.74, 6) is 0. The predicted molar refractivity (Wildman–Crippen MR) is 34.4 cm³/mol. The highest BCUT2D eigenvalue weighted by atomic mass is 35.5. The molecule has 0 bridgehead atoms. The molecule has 70 valence electrons. The Morgan fingerprint density at radius 2 is 1.36 bits per heavy atom. The van der Waals surface area contributed by atoms with Gasteiger partial charge in [0.15, 0.2) is 0 Å². The van der Waals surface area contributed by atoms with Gasteiger partial charge in [0.25, 0.3) is 0 Å². The molecule has 2 amide bonds. The number of amides is 2. The molecule has 0 spiro atoms. The third-order valence-electron chi connectivity index (χ3n) is 0.190. The van der Waals surface area contributed by atoms with Gasteiger partial charge in [0.05, 0.1) is 0 Å². The maximum absolute atomic E-state index is 9.00. The molecule has 0 rings (SSSR count). The second-order valence-corrected chi connectivity index (χ2v) is 2.90. The van der Waals surface area contributed by atoms with Crippen molar-refractivity contribution in [2.24, 2.45) is 11.5 Å². The highest BCUT2D eigenvalue weighted by Crippen LogP contribution is 2.42. The number of rotatable bonds is 1. The number of hydrogen-bond donors (Lipinski definition) is 6. The summed E-state index contributed by atoms with van der Waals surface area (Å²) in [6.45, 7) is 0. The van der Waals surface area contributed by atoms with E-state index in [-0.39, 0.29) is 12.4 Å². The minimum atomic E-state index is -3.84. The molecule has 0 aliphatic carbocycles. The fourth-order valence-corrected chi connectivity index (χ4v) is 0. The molecule has 0 aromatic heterocycles. The Balaban J connectivity index is -0.000000114. The van der Waals surface area contributed by atoms with Gasteiger partial charge in [0, 0.05) is 0 Å². The molecule has 9 heteroatoms. The van der Waals surface area contributed by atoms with Crippen molar-refractivity contribution < 1.29 is 37.0 Å². The van der Waals surface area contributed by atoms with Gasteiger partial charge in [0.1, 0.15) is 0 Å². The lowest BCUT2D eigenvalue weighted by atomic mass is 11.2. The smallest absolute Gasteiger partial charge is 0.431 e. The lowest BCUT2D eigenvalue weighted by molar-refractivity contribution is -0.0000116. The van der Waals surface area contributed by atoms with Crippen molar-refractivity contribution in [1.29, 1.82) is 0 Å². The van der Waals surface area contributed by atoms with Crippen molar-refractivity contribution in [2.75, 3.05) is 6.35 Å². The van der Waals surface area contributed by atoms with Gasteiger partial charge >= 0.3 is 14.0 Å². The number of nitrogens with two attached hydrogens (primary N) is 2. The third-order valence-corrected chi connectivity index (χ3v) is 0.569. The van der Waals surface area contributed by atoms with Crippen molar-refractivity contribution in [3.05, 3.63) is 0 Å². The van der Waals surface area contributed by atoms with Crippen LogP contribution in [0.2, 0.25) is 0 Å². The largest absolute Gasteiger partial charge is 1.00 e. The molecule has 0 atom stereocenters. The van der Waals surface area contributed by atoms with Crippen LogP contribution in [0.25, 0.3) is 0 Å². The minimum absolute atomic E-state index is 0. The molecule has 0 radical (unpaired) electrons. The monoisotopic (exact) mass is 208 g/mol. The molecule has 0 fully saturated rings. The van der Waals surface area contributed by atoms with Crippen molar-refractivity contribution in [1.82, 2.24) is 0 Å². The Morgan fingerprint density at radius 1 is 1.27 bits per heavy atom. The number of carbonyl (C=O) groups is 1. The molecule has 7 nitrogen and oxygen atoms in total. The summed E-state index contributed by atoms with van der Waals surface area (Å²) in [6.07, 6.45) is -0.951. The molecule has 0 unspecified atom stereocenters. The quantitative estimate of drug-likeness (QED) is 0.238. The van der Waals surface area contributed by atoms with Crippen LogP contribution in [0.15, 0.2) is 0 Å². The van der Waals surface area contributed by atoms with E-state index in [1.165, 1.54) is 0 Å². The highest BCUT2D eigenvalue weighted by molar-refractivity contribution is 7.58. The molecule has 8 N–H and O–H groups in total. The Bertz CT molecular complexity index is 101. The van der Waals surface area contributed by atoms with E-state index in [2.05, 4.69) is 11.5 Å². The summed E-state index contributed by atoms with van der Waals surface area (Å²) < 4.78 is 0. The van der Waals surface area contributed by atoms with Crippen LogP contribution in [0.5, 0.6) is 0 Å². The first-order valence-electron chi connectivity index (χ1n) is 2.01. The Morgan fingerprint density at radius 3 is 1.36 bits per heavy atom. The third kappa shape index (κ3) is 75.2. The first-order valence-corrected chi connectivity index (χ1v) is 3.85. The van der Waals surface area contributed by atoms with E-state index >= 15 is 0 Å².